The zero-order valence-corrected chi connectivity index (χ0v) is 14.5. The SMILES string of the molecule is CCOC(=O)C=C(c1cccc(C)c1)c1ccc(OC)c(OC)c1. The quantitative estimate of drug-likeness (QED) is 0.594. The number of ether oxygens (including phenoxy) is 3. The summed E-state index contributed by atoms with van der Waals surface area (Å²) in [5.74, 6) is 0.877. The van der Waals surface area contributed by atoms with Gasteiger partial charge in [0.05, 0.1) is 20.8 Å². The van der Waals surface area contributed by atoms with E-state index in [0.717, 1.165) is 22.3 Å². The summed E-state index contributed by atoms with van der Waals surface area (Å²) in [7, 11) is 3.18. The molecule has 0 fully saturated rings. The number of hydrogen-bond donors (Lipinski definition) is 0. The summed E-state index contributed by atoms with van der Waals surface area (Å²) in [6.45, 7) is 4.14. The van der Waals surface area contributed by atoms with Crippen LogP contribution in [0.5, 0.6) is 11.5 Å². The Bertz CT molecular complexity index is 747. The van der Waals surface area contributed by atoms with E-state index in [1.165, 1.54) is 6.08 Å². The van der Waals surface area contributed by atoms with Crippen LogP contribution < -0.4 is 9.47 Å². The van der Waals surface area contributed by atoms with Gasteiger partial charge in [0, 0.05) is 6.08 Å². The third kappa shape index (κ3) is 4.16. The molecule has 0 amide bonds. The van der Waals surface area contributed by atoms with Crippen molar-refractivity contribution < 1.29 is 19.0 Å². The Kier molecular flexibility index (Phi) is 6.01. The maximum atomic E-state index is 12.0. The van der Waals surface area contributed by atoms with Crippen molar-refractivity contribution in [2.24, 2.45) is 0 Å². The second-order valence-corrected chi connectivity index (χ2v) is 5.25. The van der Waals surface area contributed by atoms with Crippen molar-refractivity contribution in [2.45, 2.75) is 13.8 Å². The predicted octanol–water partition coefficient (Wildman–Crippen LogP) is 4.01. The molecule has 2 aromatic carbocycles. The second kappa shape index (κ2) is 8.20. The van der Waals surface area contributed by atoms with Crippen LogP contribution in [-0.2, 0) is 9.53 Å². The Morgan fingerprint density at radius 2 is 1.71 bits per heavy atom. The Morgan fingerprint density at radius 1 is 1.00 bits per heavy atom. The van der Waals surface area contributed by atoms with Gasteiger partial charge in [0.1, 0.15) is 0 Å². The van der Waals surface area contributed by atoms with Crippen molar-refractivity contribution in [1.82, 2.24) is 0 Å². The molecule has 24 heavy (non-hydrogen) atoms. The zero-order chi connectivity index (χ0) is 17.5. The van der Waals surface area contributed by atoms with Crippen LogP contribution in [0.15, 0.2) is 48.5 Å². The van der Waals surface area contributed by atoms with Crippen molar-refractivity contribution in [3.63, 3.8) is 0 Å². The van der Waals surface area contributed by atoms with Crippen molar-refractivity contribution in [2.75, 3.05) is 20.8 Å². The molecule has 4 heteroatoms. The summed E-state index contributed by atoms with van der Waals surface area (Å²) < 4.78 is 15.7. The summed E-state index contributed by atoms with van der Waals surface area (Å²) in [4.78, 5) is 12.0. The van der Waals surface area contributed by atoms with E-state index in [2.05, 4.69) is 0 Å². The predicted molar refractivity (Wildman–Crippen MR) is 94.4 cm³/mol. The highest BCUT2D eigenvalue weighted by Gasteiger charge is 2.12. The summed E-state index contributed by atoms with van der Waals surface area (Å²) in [6.07, 6.45) is 1.51. The average Bonchev–Trinajstić information content (AvgIpc) is 2.59. The molecule has 0 aliphatic carbocycles. The molecule has 0 saturated heterocycles. The van der Waals surface area contributed by atoms with Gasteiger partial charge >= 0.3 is 5.97 Å². The molecular formula is C20H22O4. The minimum atomic E-state index is -0.371. The normalized spacial score (nSPS) is 11.1. The molecule has 0 N–H and O–H groups in total. The van der Waals surface area contributed by atoms with E-state index in [1.54, 1.807) is 21.1 Å². The molecule has 0 saturated carbocycles. The van der Waals surface area contributed by atoms with Crippen LogP contribution in [0.1, 0.15) is 23.6 Å². The van der Waals surface area contributed by atoms with Crippen LogP contribution in [0.2, 0.25) is 0 Å². The highest BCUT2D eigenvalue weighted by molar-refractivity contribution is 5.96. The molecule has 0 heterocycles. The average molecular weight is 326 g/mol. The van der Waals surface area contributed by atoms with Gasteiger partial charge in [-0.25, -0.2) is 4.79 Å². The van der Waals surface area contributed by atoms with Crippen LogP contribution in [0.4, 0.5) is 0 Å². The van der Waals surface area contributed by atoms with E-state index in [1.807, 2.05) is 49.4 Å². The lowest BCUT2D eigenvalue weighted by Gasteiger charge is -2.13. The molecule has 0 bridgehead atoms. The van der Waals surface area contributed by atoms with Crippen molar-refractivity contribution in [3.05, 3.63) is 65.2 Å². The van der Waals surface area contributed by atoms with Crippen molar-refractivity contribution in [3.8, 4) is 11.5 Å². The molecule has 2 rings (SSSR count). The molecule has 0 aromatic heterocycles. The Hall–Kier alpha value is -2.75. The summed E-state index contributed by atoms with van der Waals surface area (Å²) in [5, 5.41) is 0. The molecule has 0 aliphatic heterocycles. The monoisotopic (exact) mass is 326 g/mol. The molecule has 2 aromatic rings. The fraction of sp³-hybridized carbons (Fsp3) is 0.250. The molecule has 4 nitrogen and oxygen atoms in total. The maximum Gasteiger partial charge on any atom is 0.331 e. The number of carbonyl (C=O) groups is 1. The largest absolute Gasteiger partial charge is 0.493 e. The molecule has 0 radical (unpaired) electrons. The number of hydrogen-bond acceptors (Lipinski definition) is 4. The van der Waals surface area contributed by atoms with E-state index in [4.69, 9.17) is 14.2 Å². The minimum Gasteiger partial charge on any atom is -0.493 e. The molecule has 0 unspecified atom stereocenters. The topological polar surface area (TPSA) is 44.8 Å². The highest BCUT2D eigenvalue weighted by atomic mass is 16.5. The summed E-state index contributed by atoms with van der Waals surface area (Å²) >= 11 is 0. The number of carbonyl (C=O) groups excluding carboxylic acids is 1. The van der Waals surface area contributed by atoms with Crippen LogP contribution in [-0.4, -0.2) is 26.8 Å². The van der Waals surface area contributed by atoms with Gasteiger partial charge in [-0.1, -0.05) is 35.9 Å². The Labute approximate surface area is 142 Å². The van der Waals surface area contributed by atoms with Gasteiger partial charge in [0.2, 0.25) is 0 Å². The lowest BCUT2D eigenvalue weighted by atomic mass is 9.96. The minimum absolute atomic E-state index is 0.336. The lowest BCUT2D eigenvalue weighted by molar-refractivity contribution is -0.137. The molecule has 0 atom stereocenters. The van der Waals surface area contributed by atoms with Gasteiger partial charge in [-0.2, -0.15) is 0 Å². The number of esters is 1. The third-order valence-electron chi connectivity index (χ3n) is 3.57. The van der Waals surface area contributed by atoms with Crippen LogP contribution in [0.25, 0.3) is 5.57 Å². The smallest absolute Gasteiger partial charge is 0.331 e. The number of methoxy groups -OCH3 is 2. The van der Waals surface area contributed by atoms with E-state index in [9.17, 15) is 4.79 Å². The van der Waals surface area contributed by atoms with Crippen molar-refractivity contribution >= 4 is 11.5 Å². The molecule has 126 valence electrons. The van der Waals surface area contributed by atoms with Gasteiger partial charge in [0.25, 0.3) is 0 Å². The standard InChI is InChI=1S/C20H22O4/c1-5-24-20(21)13-17(15-8-6-7-14(2)11-15)16-9-10-18(22-3)19(12-16)23-4/h6-13H,5H2,1-4H3. The molecular weight excluding hydrogens is 304 g/mol. The third-order valence-corrected chi connectivity index (χ3v) is 3.57. The van der Waals surface area contributed by atoms with E-state index in [-0.39, 0.29) is 5.97 Å². The van der Waals surface area contributed by atoms with Gasteiger partial charge in [-0.3, -0.25) is 0 Å². The first kappa shape index (κ1) is 17.6. The highest BCUT2D eigenvalue weighted by Crippen LogP contribution is 2.33. The lowest BCUT2D eigenvalue weighted by Crippen LogP contribution is -2.02. The number of rotatable bonds is 6. The van der Waals surface area contributed by atoms with E-state index in [0.29, 0.717) is 18.1 Å². The van der Waals surface area contributed by atoms with Crippen LogP contribution in [0, 0.1) is 6.92 Å². The maximum absolute atomic E-state index is 12.0. The molecule has 0 spiro atoms. The first-order valence-electron chi connectivity index (χ1n) is 7.77. The van der Waals surface area contributed by atoms with E-state index < -0.39 is 0 Å². The van der Waals surface area contributed by atoms with Crippen LogP contribution >= 0.6 is 0 Å². The fourth-order valence-electron chi connectivity index (χ4n) is 2.45. The van der Waals surface area contributed by atoms with Gasteiger partial charge < -0.3 is 14.2 Å². The van der Waals surface area contributed by atoms with Gasteiger partial charge in [-0.05, 0) is 42.7 Å². The van der Waals surface area contributed by atoms with Gasteiger partial charge in [-0.15, -0.1) is 0 Å². The Balaban J connectivity index is 2.56. The first-order chi connectivity index (χ1) is 11.6. The summed E-state index contributed by atoms with van der Waals surface area (Å²) in [5.41, 5.74) is 3.68. The second-order valence-electron chi connectivity index (χ2n) is 5.25. The van der Waals surface area contributed by atoms with Gasteiger partial charge in [0.15, 0.2) is 11.5 Å². The Morgan fingerprint density at radius 3 is 2.33 bits per heavy atom. The van der Waals surface area contributed by atoms with Crippen LogP contribution in [0.3, 0.4) is 0 Å². The molecule has 0 aliphatic rings. The van der Waals surface area contributed by atoms with E-state index >= 15 is 0 Å². The fourth-order valence-corrected chi connectivity index (χ4v) is 2.45. The zero-order valence-electron chi connectivity index (χ0n) is 14.5. The van der Waals surface area contributed by atoms with Crippen molar-refractivity contribution in [1.29, 1.82) is 0 Å². The number of aryl methyl sites for hydroxylation is 1. The first-order valence-corrected chi connectivity index (χ1v) is 7.77. The summed E-state index contributed by atoms with van der Waals surface area (Å²) in [6, 6.07) is 13.5. The number of benzene rings is 2.